The van der Waals surface area contributed by atoms with Gasteiger partial charge in [0.05, 0.1) is 18.2 Å². The zero-order valence-electron chi connectivity index (χ0n) is 16.1. The highest BCUT2D eigenvalue weighted by molar-refractivity contribution is 7.17. The van der Waals surface area contributed by atoms with Crippen LogP contribution < -0.4 is 5.32 Å². The number of rotatable bonds is 5. The number of methoxy groups -OCH3 is 1. The molecule has 154 valence electrons. The van der Waals surface area contributed by atoms with Gasteiger partial charge in [-0.2, -0.15) is 0 Å². The van der Waals surface area contributed by atoms with Gasteiger partial charge in [0.1, 0.15) is 10.2 Å². The molecule has 0 saturated carbocycles. The van der Waals surface area contributed by atoms with Gasteiger partial charge in [-0.1, -0.05) is 18.0 Å². The summed E-state index contributed by atoms with van der Waals surface area (Å²) in [7, 11) is 1.32. The molecule has 9 heteroatoms. The number of hydrogen-bond donors (Lipinski definition) is 1. The van der Waals surface area contributed by atoms with Crippen molar-refractivity contribution in [2.45, 2.75) is 45.1 Å². The summed E-state index contributed by atoms with van der Waals surface area (Å²) >= 11 is 7.27. The van der Waals surface area contributed by atoms with Gasteiger partial charge in [0.15, 0.2) is 6.10 Å². The molecule has 0 radical (unpaired) electrons. The maximum Gasteiger partial charge on any atom is 0.342 e. The number of aryl methyl sites for hydroxylation is 1. The molecule has 1 unspecified atom stereocenters. The Morgan fingerprint density at radius 1 is 1.21 bits per heavy atom. The van der Waals surface area contributed by atoms with Crippen LogP contribution in [0.1, 0.15) is 57.3 Å². The van der Waals surface area contributed by atoms with E-state index in [2.05, 4.69) is 10.3 Å². The Morgan fingerprint density at radius 2 is 1.97 bits per heavy atom. The first-order valence-corrected chi connectivity index (χ1v) is 10.5. The van der Waals surface area contributed by atoms with Gasteiger partial charge in [0, 0.05) is 11.1 Å². The Balaban J connectivity index is 1.77. The number of carbonyl (C=O) groups is 3. The van der Waals surface area contributed by atoms with Crippen molar-refractivity contribution in [1.29, 1.82) is 0 Å². The Hall–Kier alpha value is -2.45. The molecule has 2 heterocycles. The fourth-order valence-electron chi connectivity index (χ4n) is 3.18. The number of fused-ring (bicyclic) bond motifs is 1. The van der Waals surface area contributed by atoms with Crippen LogP contribution in [0.4, 0.5) is 5.00 Å². The molecule has 0 saturated heterocycles. The number of amides is 1. The normalized spacial score (nSPS) is 14.3. The summed E-state index contributed by atoms with van der Waals surface area (Å²) in [4.78, 5) is 42.1. The number of carbonyl (C=O) groups excluding carboxylic acids is 3. The Morgan fingerprint density at radius 3 is 2.69 bits per heavy atom. The Labute approximate surface area is 177 Å². The van der Waals surface area contributed by atoms with Crippen molar-refractivity contribution in [3.63, 3.8) is 0 Å². The third-order valence-electron chi connectivity index (χ3n) is 4.68. The number of hydrogen-bond acceptors (Lipinski definition) is 7. The Bertz CT molecular complexity index is 943. The molecule has 0 aliphatic heterocycles. The topological polar surface area (TPSA) is 94.6 Å². The van der Waals surface area contributed by atoms with Crippen molar-refractivity contribution < 1.29 is 23.9 Å². The molecule has 0 bridgehead atoms. The van der Waals surface area contributed by atoms with E-state index in [0.717, 1.165) is 42.5 Å². The summed E-state index contributed by atoms with van der Waals surface area (Å²) < 4.78 is 10.1. The van der Waals surface area contributed by atoms with Gasteiger partial charge in [0.25, 0.3) is 5.91 Å². The van der Waals surface area contributed by atoms with Gasteiger partial charge >= 0.3 is 11.9 Å². The molecule has 1 amide bonds. The monoisotopic (exact) mass is 436 g/mol. The second-order valence-corrected chi connectivity index (χ2v) is 8.10. The minimum atomic E-state index is -1.09. The van der Waals surface area contributed by atoms with Crippen LogP contribution in [-0.4, -0.2) is 36.0 Å². The van der Waals surface area contributed by atoms with Crippen molar-refractivity contribution >= 4 is 45.8 Å². The molecule has 7 nitrogen and oxygen atoms in total. The van der Waals surface area contributed by atoms with Crippen LogP contribution in [0.2, 0.25) is 5.15 Å². The van der Waals surface area contributed by atoms with Gasteiger partial charge in [0.2, 0.25) is 0 Å². The molecule has 2 aromatic heterocycles. The zero-order valence-corrected chi connectivity index (χ0v) is 17.7. The van der Waals surface area contributed by atoms with Crippen molar-refractivity contribution in [2.24, 2.45) is 0 Å². The third-order valence-corrected chi connectivity index (χ3v) is 6.19. The van der Waals surface area contributed by atoms with E-state index < -0.39 is 23.9 Å². The number of nitrogens with one attached hydrogen (secondary N) is 1. The lowest BCUT2D eigenvalue weighted by atomic mass is 10.1. The fourth-order valence-corrected chi connectivity index (χ4v) is 4.65. The summed E-state index contributed by atoms with van der Waals surface area (Å²) in [6.07, 6.45) is 5.13. The molecule has 29 heavy (non-hydrogen) atoms. The average Bonchev–Trinajstić information content (AvgIpc) is 2.88. The second kappa shape index (κ2) is 9.37. The lowest BCUT2D eigenvalue weighted by molar-refractivity contribution is -0.123. The molecule has 2 aromatic rings. The third kappa shape index (κ3) is 4.76. The van der Waals surface area contributed by atoms with Crippen LogP contribution in [0, 0.1) is 0 Å². The number of thiophene rings is 1. The molecule has 0 aromatic carbocycles. The molecule has 1 N–H and O–H groups in total. The van der Waals surface area contributed by atoms with Crippen molar-refractivity contribution in [3.05, 3.63) is 45.1 Å². The summed E-state index contributed by atoms with van der Waals surface area (Å²) in [5.74, 6) is -1.77. The molecular weight excluding hydrogens is 416 g/mol. The molecule has 1 aliphatic rings. The quantitative estimate of drug-likeness (QED) is 0.432. The maximum absolute atomic E-state index is 12.6. The highest BCUT2D eigenvalue weighted by Gasteiger charge is 2.28. The fraction of sp³-hybridized carbons (Fsp3) is 0.400. The molecule has 1 atom stereocenters. The molecule has 0 spiro atoms. The minimum Gasteiger partial charge on any atom is -0.465 e. The number of ether oxygens (including phenoxy) is 2. The van der Waals surface area contributed by atoms with Crippen molar-refractivity contribution in [3.8, 4) is 0 Å². The van der Waals surface area contributed by atoms with Crippen LogP contribution in [0.5, 0.6) is 0 Å². The molecule has 3 rings (SSSR count). The Kier molecular flexibility index (Phi) is 6.87. The van der Waals surface area contributed by atoms with Crippen LogP contribution in [0.3, 0.4) is 0 Å². The standard InChI is InChI=1S/C20H21ClN2O5S/c1-11(28-19(25)13-8-6-10-22-16(13)21)17(24)23-18-15(20(26)27-2)12-7-4-3-5-9-14(12)29-18/h6,8,10-11H,3-5,7,9H2,1-2H3,(H,23,24). The van der Waals surface area contributed by atoms with E-state index in [4.69, 9.17) is 21.1 Å². The number of aromatic nitrogens is 1. The van der Waals surface area contributed by atoms with Crippen LogP contribution >= 0.6 is 22.9 Å². The zero-order chi connectivity index (χ0) is 21.0. The minimum absolute atomic E-state index is 0.0000766. The van der Waals surface area contributed by atoms with E-state index in [9.17, 15) is 14.4 Å². The first-order valence-electron chi connectivity index (χ1n) is 9.27. The average molecular weight is 437 g/mol. The van der Waals surface area contributed by atoms with E-state index in [1.807, 2.05) is 0 Å². The summed E-state index contributed by atoms with van der Waals surface area (Å²) in [6, 6.07) is 3.02. The van der Waals surface area contributed by atoms with E-state index in [-0.39, 0.29) is 10.7 Å². The second-order valence-electron chi connectivity index (χ2n) is 6.64. The lowest BCUT2D eigenvalue weighted by Gasteiger charge is -2.14. The first kappa shape index (κ1) is 21.3. The highest BCUT2D eigenvalue weighted by Crippen LogP contribution is 2.38. The van der Waals surface area contributed by atoms with Crippen molar-refractivity contribution in [1.82, 2.24) is 4.98 Å². The predicted molar refractivity (Wildman–Crippen MR) is 110 cm³/mol. The largest absolute Gasteiger partial charge is 0.465 e. The number of nitrogens with zero attached hydrogens (tertiary/aromatic N) is 1. The maximum atomic E-state index is 12.6. The SMILES string of the molecule is COC(=O)c1c(NC(=O)C(C)OC(=O)c2cccnc2Cl)sc2c1CCCCC2. The van der Waals surface area contributed by atoms with E-state index in [1.54, 1.807) is 6.07 Å². The summed E-state index contributed by atoms with van der Waals surface area (Å²) in [6.45, 7) is 1.45. The van der Waals surface area contributed by atoms with Crippen LogP contribution in [-0.2, 0) is 27.1 Å². The van der Waals surface area contributed by atoms with E-state index in [0.29, 0.717) is 10.6 Å². The highest BCUT2D eigenvalue weighted by atomic mass is 35.5. The van der Waals surface area contributed by atoms with Gasteiger partial charge in [-0.3, -0.25) is 4.79 Å². The van der Waals surface area contributed by atoms with Crippen LogP contribution in [0.25, 0.3) is 0 Å². The number of pyridine rings is 1. The molecular formula is C20H21ClN2O5S. The number of halogens is 1. The summed E-state index contributed by atoms with van der Waals surface area (Å²) in [5, 5.41) is 3.15. The van der Waals surface area contributed by atoms with Crippen LogP contribution in [0.15, 0.2) is 18.3 Å². The number of esters is 2. The molecule has 0 fully saturated rings. The van der Waals surface area contributed by atoms with Gasteiger partial charge in [-0.25, -0.2) is 14.6 Å². The first-order chi connectivity index (χ1) is 13.9. The van der Waals surface area contributed by atoms with E-state index in [1.165, 1.54) is 37.6 Å². The molecule has 1 aliphatic carbocycles. The lowest BCUT2D eigenvalue weighted by Crippen LogP contribution is -2.30. The predicted octanol–water partition coefficient (Wildman–Crippen LogP) is 4.04. The van der Waals surface area contributed by atoms with Gasteiger partial charge in [-0.05, 0) is 50.3 Å². The van der Waals surface area contributed by atoms with Crippen molar-refractivity contribution in [2.75, 3.05) is 12.4 Å². The summed E-state index contributed by atoms with van der Waals surface area (Å²) in [5.41, 5.74) is 1.42. The number of anilines is 1. The van der Waals surface area contributed by atoms with Gasteiger partial charge in [-0.15, -0.1) is 11.3 Å². The van der Waals surface area contributed by atoms with Gasteiger partial charge < -0.3 is 14.8 Å². The van der Waals surface area contributed by atoms with E-state index >= 15 is 0 Å². The smallest absolute Gasteiger partial charge is 0.342 e.